The Labute approximate surface area is 333 Å². The van der Waals surface area contributed by atoms with E-state index in [2.05, 4.69) is 79.2 Å². The molecule has 3 aliphatic heterocycles. The molecule has 5 aromatic rings. The third kappa shape index (κ3) is 8.13. The average Bonchev–Trinajstić information content (AvgIpc) is 3.70. The molecule has 0 saturated carbocycles. The molecule has 0 aliphatic carbocycles. The molecule has 0 radical (unpaired) electrons. The van der Waals surface area contributed by atoms with Gasteiger partial charge in [0.1, 0.15) is 17.7 Å². The Hall–Kier alpha value is -5.32. The number of nitrogens with zero attached hydrogens (tertiary/aromatic N) is 4. The minimum atomic E-state index is -0.577. The Kier molecular flexibility index (Phi) is 11.3. The molecule has 3 aliphatic rings. The van der Waals surface area contributed by atoms with E-state index >= 15 is 0 Å². The van der Waals surface area contributed by atoms with Crippen molar-refractivity contribution in [1.29, 1.82) is 0 Å². The molecule has 288 valence electrons. The molecule has 8 rings (SSSR count). The van der Waals surface area contributed by atoms with Crippen LogP contribution in [0.3, 0.4) is 0 Å². The van der Waals surface area contributed by atoms with Crippen LogP contribution in [0.2, 0.25) is 5.02 Å². The van der Waals surface area contributed by atoms with Crippen LogP contribution in [0.1, 0.15) is 102 Å². The maximum atomic E-state index is 13.1. The summed E-state index contributed by atoms with van der Waals surface area (Å²) in [5, 5.41) is 19.4. The summed E-state index contributed by atoms with van der Waals surface area (Å²) in [6.45, 7) is 4.26. The van der Waals surface area contributed by atoms with E-state index < -0.39 is 6.04 Å². The van der Waals surface area contributed by atoms with Crippen molar-refractivity contribution >= 4 is 35.0 Å². The summed E-state index contributed by atoms with van der Waals surface area (Å²) in [4.78, 5) is 38.8. The van der Waals surface area contributed by atoms with Crippen LogP contribution in [-0.2, 0) is 35.5 Å². The Morgan fingerprint density at radius 1 is 0.839 bits per heavy atom. The molecule has 1 fully saturated rings. The molecule has 2 atom stereocenters. The fraction of sp³-hybridized carbons (Fsp3) is 0.356. The van der Waals surface area contributed by atoms with Gasteiger partial charge in [0, 0.05) is 42.2 Å². The highest BCUT2D eigenvalue weighted by Crippen LogP contribution is 2.37. The monoisotopic (exact) mass is 769 g/mol. The van der Waals surface area contributed by atoms with E-state index in [1.165, 1.54) is 40.7 Å². The van der Waals surface area contributed by atoms with Gasteiger partial charge in [-0.15, -0.1) is 10.2 Å². The van der Waals surface area contributed by atoms with Crippen LogP contribution in [0.4, 0.5) is 5.69 Å². The molecular formula is C45H48ClN7O3. The first-order valence-corrected chi connectivity index (χ1v) is 20.3. The first-order valence-electron chi connectivity index (χ1n) is 19.9. The molecule has 4 heterocycles. The van der Waals surface area contributed by atoms with Crippen molar-refractivity contribution < 1.29 is 14.4 Å². The summed E-state index contributed by atoms with van der Waals surface area (Å²) in [6, 6.07) is 28.9. The predicted octanol–water partition coefficient (Wildman–Crippen LogP) is 8.04. The van der Waals surface area contributed by atoms with E-state index in [4.69, 9.17) is 11.6 Å². The Balaban J connectivity index is 0.794. The normalized spacial score (nSPS) is 17.6. The van der Waals surface area contributed by atoms with Gasteiger partial charge in [-0.1, -0.05) is 73.3 Å². The highest BCUT2D eigenvalue weighted by molar-refractivity contribution is 6.30. The number of amides is 3. The minimum absolute atomic E-state index is 0.104. The van der Waals surface area contributed by atoms with Crippen molar-refractivity contribution in [1.82, 2.24) is 30.3 Å². The van der Waals surface area contributed by atoms with Crippen LogP contribution in [0.15, 0.2) is 84.9 Å². The van der Waals surface area contributed by atoms with Gasteiger partial charge >= 0.3 is 0 Å². The molecule has 3 N–H and O–H groups in total. The van der Waals surface area contributed by atoms with Gasteiger partial charge in [-0.05, 0) is 121 Å². The number of aromatic nitrogens is 3. The van der Waals surface area contributed by atoms with Crippen LogP contribution < -0.4 is 16.0 Å². The lowest BCUT2D eigenvalue weighted by atomic mass is 9.95. The fourth-order valence-corrected chi connectivity index (χ4v) is 8.58. The summed E-state index contributed by atoms with van der Waals surface area (Å²) in [7, 11) is 0. The van der Waals surface area contributed by atoms with Crippen LogP contribution in [0.5, 0.6) is 0 Å². The number of anilines is 1. The summed E-state index contributed by atoms with van der Waals surface area (Å²) >= 11 is 6.17. The quantitative estimate of drug-likeness (QED) is 0.0773. The number of rotatable bonds is 14. The smallest absolute Gasteiger partial charge is 0.255 e. The molecule has 0 spiro atoms. The second-order valence-corrected chi connectivity index (χ2v) is 15.7. The first kappa shape index (κ1) is 37.6. The number of imide groups is 1. The topological polar surface area (TPSA) is 121 Å². The van der Waals surface area contributed by atoms with Crippen molar-refractivity contribution in [2.75, 3.05) is 11.9 Å². The van der Waals surface area contributed by atoms with Gasteiger partial charge in [-0.25, -0.2) is 0 Å². The zero-order valence-corrected chi connectivity index (χ0v) is 32.6. The number of hydrogen-bond acceptors (Lipinski definition) is 7. The Bertz CT molecular complexity index is 2230. The SMILES string of the molecule is Cc1nnc2n1-c1ccc(-c3ccc(CNCCCCCCCc4cccc5c4CN(C4CCC(=O)NC4=O)C5=O)cc3)cc1C(Nc1ccc(Cl)cc1)CC2. The van der Waals surface area contributed by atoms with Crippen LogP contribution >= 0.6 is 11.6 Å². The zero-order chi connectivity index (χ0) is 38.6. The molecule has 3 amide bonds. The number of carbonyl (C=O) groups is 3. The number of halogens is 1. The standard InChI is InChI=1S/C45H48ClN7O3/c1-29-50-51-42-23-20-39(48-35-18-16-34(46)17-19-35)37-26-33(15-21-40(37)53(29)42)31-13-11-30(12-14-31)27-47-25-6-4-2-3-5-8-32-9-7-10-36-38(32)28-52(45(36)56)41-22-24-43(54)49-44(41)55/h7,9-19,21,26,39,41,47-48H,2-6,8,20,22-25,27-28H2,1H3,(H,49,54,55). The van der Waals surface area contributed by atoms with Gasteiger partial charge in [0.2, 0.25) is 11.8 Å². The van der Waals surface area contributed by atoms with E-state index in [0.717, 1.165) is 85.2 Å². The number of unbranched alkanes of at least 4 members (excludes halogenated alkanes) is 4. The second-order valence-electron chi connectivity index (χ2n) is 15.2. The maximum Gasteiger partial charge on any atom is 0.255 e. The van der Waals surface area contributed by atoms with Crippen molar-refractivity contribution in [2.24, 2.45) is 0 Å². The van der Waals surface area contributed by atoms with E-state index in [0.29, 0.717) is 18.5 Å². The number of piperidine rings is 1. The number of hydrogen-bond donors (Lipinski definition) is 3. The van der Waals surface area contributed by atoms with Gasteiger partial charge in [0.15, 0.2) is 0 Å². The van der Waals surface area contributed by atoms with Crippen LogP contribution in [0.25, 0.3) is 16.8 Å². The molecule has 0 bridgehead atoms. The largest absolute Gasteiger partial charge is 0.378 e. The third-order valence-corrected chi connectivity index (χ3v) is 11.7. The Morgan fingerprint density at radius 2 is 1.62 bits per heavy atom. The zero-order valence-electron chi connectivity index (χ0n) is 31.8. The highest BCUT2D eigenvalue weighted by atomic mass is 35.5. The number of carbonyl (C=O) groups excluding carboxylic acids is 3. The summed E-state index contributed by atoms with van der Waals surface area (Å²) in [5.74, 6) is 1.14. The maximum absolute atomic E-state index is 13.1. The lowest BCUT2D eigenvalue weighted by Crippen LogP contribution is -2.52. The number of benzene rings is 4. The molecule has 1 aromatic heterocycles. The summed E-state index contributed by atoms with van der Waals surface area (Å²) in [5.41, 5.74) is 9.94. The first-order chi connectivity index (χ1) is 27.3. The van der Waals surface area contributed by atoms with Crippen molar-refractivity contribution in [3.8, 4) is 16.8 Å². The molecule has 4 aromatic carbocycles. The fourth-order valence-electron chi connectivity index (χ4n) is 8.45. The average molecular weight is 770 g/mol. The van der Waals surface area contributed by atoms with Crippen molar-refractivity contribution in [3.05, 3.63) is 129 Å². The van der Waals surface area contributed by atoms with Gasteiger partial charge < -0.3 is 15.5 Å². The molecule has 11 heteroatoms. The van der Waals surface area contributed by atoms with Gasteiger partial charge in [0.05, 0.1) is 11.7 Å². The molecule has 2 unspecified atom stereocenters. The second kappa shape index (κ2) is 16.8. The summed E-state index contributed by atoms with van der Waals surface area (Å²) < 4.78 is 2.19. The third-order valence-electron chi connectivity index (χ3n) is 11.5. The Morgan fingerprint density at radius 3 is 2.45 bits per heavy atom. The van der Waals surface area contributed by atoms with E-state index in [1.807, 2.05) is 43.3 Å². The molecule has 10 nitrogen and oxygen atoms in total. The van der Waals surface area contributed by atoms with Crippen LogP contribution in [-0.4, -0.2) is 50.0 Å². The number of nitrogens with one attached hydrogen (secondary N) is 3. The van der Waals surface area contributed by atoms with E-state index in [9.17, 15) is 14.4 Å². The predicted molar refractivity (Wildman–Crippen MR) is 219 cm³/mol. The van der Waals surface area contributed by atoms with E-state index in [-0.39, 0.29) is 30.2 Å². The number of fused-ring (bicyclic) bond motifs is 4. The molecule has 1 saturated heterocycles. The van der Waals surface area contributed by atoms with Crippen LogP contribution in [0, 0.1) is 6.92 Å². The summed E-state index contributed by atoms with van der Waals surface area (Å²) in [6.07, 6.45) is 8.96. The lowest BCUT2D eigenvalue weighted by molar-refractivity contribution is -0.136. The van der Waals surface area contributed by atoms with Crippen molar-refractivity contribution in [3.63, 3.8) is 0 Å². The van der Waals surface area contributed by atoms with E-state index in [1.54, 1.807) is 4.90 Å². The lowest BCUT2D eigenvalue weighted by Gasteiger charge is -2.29. The number of aryl methyl sites for hydroxylation is 3. The minimum Gasteiger partial charge on any atom is -0.378 e. The van der Waals surface area contributed by atoms with Gasteiger partial charge in [0.25, 0.3) is 5.91 Å². The van der Waals surface area contributed by atoms with Crippen molar-refractivity contribution in [2.45, 2.75) is 96.3 Å². The van der Waals surface area contributed by atoms with Gasteiger partial charge in [-0.2, -0.15) is 0 Å². The molecule has 56 heavy (non-hydrogen) atoms. The van der Waals surface area contributed by atoms with Gasteiger partial charge in [-0.3, -0.25) is 24.3 Å². The molecular weight excluding hydrogens is 722 g/mol. The highest BCUT2D eigenvalue weighted by Gasteiger charge is 2.39.